The number of aryl methyl sites for hydroxylation is 2. The van der Waals surface area contributed by atoms with Gasteiger partial charge in [-0.25, -0.2) is 18.5 Å². The molecule has 0 saturated heterocycles. The number of ketones is 1. The van der Waals surface area contributed by atoms with Crippen LogP contribution in [0.4, 0.5) is 0 Å². The molecule has 1 aromatic heterocycles. The van der Waals surface area contributed by atoms with Crippen LogP contribution in [-0.2, 0) is 16.6 Å². The number of rotatable bonds is 6. The fourth-order valence-corrected chi connectivity index (χ4v) is 4.42. The highest BCUT2D eigenvalue weighted by Gasteiger charge is 2.21. The van der Waals surface area contributed by atoms with Gasteiger partial charge in [0.2, 0.25) is 10.0 Å². The van der Waals surface area contributed by atoms with E-state index in [0.29, 0.717) is 22.8 Å². The molecule has 0 amide bonds. The van der Waals surface area contributed by atoms with E-state index in [4.69, 9.17) is 5.14 Å². The SMILES string of the molecule is CCn1c(SC(C)C(=O)c2ccc(C)cc2)nc2cc(S(N)(=O)=O)ccc21. The molecule has 3 rings (SSSR count). The Balaban J connectivity index is 1.93. The molecule has 3 aromatic rings. The van der Waals surface area contributed by atoms with Gasteiger partial charge in [-0.3, -0.25) is 4.79 Å². The maximum Gasteiger partial charge on any atom is 0.238 e. The van der Waals surface area contributed by atoms with E-state index < -0.39 is 10.0 Å². The predicted octanol–water partition coefficient (Wildman–Crippen LogP) is 3.38. The van der Waals surface area contributed by atoms with Gasteiger partial charge in [-0.15, -0.1) is 0 Å². The lowest BCUT2D eigenvalue weighted by Crippen LogP contribution is -2.14. The highest BCUT2D eigenvalue weighted by molar-refractivity contribution is 8.00. The number of carbonyl (C=O) groups is 1. The standard InChI is InChI=1S/C19H21N3O3S2/c1-4-22-17-10-9-15(27(20,24)25)11-16(17)21-19(22)26-13(3)18(23)14-7-5-12(2)6-8-14/h5-11,13H,4H2,1-3H3,(H2,20,24,25). The van der Waals surface area contributed by atoms with Crippen molar-refractivity contribution in [2.45, 2.75) is 42.6 Å². The molecule has 0 fully saturated rings. The third-order valence-corrected chi connectivity index (χ3v) is 6.32. The van der Waals surface area contributed by atoms with E-state index in [2.05, 4.69) is 4.98 Å². The Bertz CT molecular complexity index is 1100. The van der Waals surface area contributed by atoms with E-state index >= 15 is 0 Å². The molecule has 0 radical (unpaired) electrons. The zero-order valence-electron chi connectivity index (χ0n) is 15.3. The summed E-state index contributed by atoms with van der Waals surface area (Å²) in [5.74, 6) is 0.0277. The Kier molecular flexibility index (Phi) is 5.41. The lowest BCUT2D eigenvalue weighted by molar-refractivity contribution is 0.0994. The Morgan fingerprint density at radius 3 is 2.48 bits per heavy atom. The van der Waals surface area contributed by atoms with E-state index in [1.54, 1.807) is 6.07 Å². The maximum absolute atomic E-state index is 12.7. The molecule has 1 atom stereocenters. The number of sulfonamides is 1. The number of hydrogen-bond donors (Lipinski definition) is 1. The lowest BCUT2D eigenvalue weighted by Gasteiger charge is -2.11. The minimum absolute atomic E-state index is 0.0242. The molecular weight excluding hydrogens is 382 g/mol. The third kappa shape index (κ3) is 4.07. The van der Waals surface area contributed by atoms with Crippen molar-refractivity contribution < 1.29 is 13.2 Å². The number of Topliss-reactive ketones (excluding diaryl/α,β-unsaturated/α-hetero) is 1. The Labute approximate surface area is 162 Å². The van der Waals surface area contributed by atoms with Gasteiger partial charge in [0.05, 0.1) is 21.2 Å². The number of hydrogen-bond acceptors (Lipinski definition) is 5. The van der Waals surface area contributed by atoms with Crippen LogP contribution < -0.4 is 5.14 Å². The van der Waals surface area contributed by atoms with Crippen molar-refractivity contribution in [1.82, 2.24) is 9.55 Å². The highest BCUT2D eigenvalue weighted by atomic mass is 32.2. The molecule has 0 spiro atoms. The van der Waals surface area contributed by atoms with Crippen LogP contribution in [0.1, 0.15) is 29.8 Å². The van der Waals surface area contributed by atoms with Crippen LogP contribution in [0.3, 0.4) is 0 Å². The second-order valence-electron chi connectivity index (χ2n) is 6.32. The first-order valence-corrected chi connectivity index (χ1v) is 10.9. The molecule has 2 N–H and O–H groups in total. The van der Waals surface area contributed by atoms with Gasteiger partial charge < -0.3 is 4.57 Å². The van der Waals surface area contributed by atoms with Gasteiger partial charge in [0.25, 0.3) is 0 Å². The van der Waals surface area contributed by atoms with Crippen molar-refractivity contribution >= 4 is 38.6 Å². The number of carbonyl (C=O) groups excluding carboxylic acids is 1. The van der Waals surface area contributed by atoms with Crippen LogP contribution in [0, 0.1) is 6.92 Å². The molecule has 0 aliphatic carbocycles. The van der Waals surface area contributed by atoms with E-state index in [0.717, 1.165) is 11.1 Å². The lowest BCUT2D eigenvalue weighted by atomic mass is 10.1. The molecule has 1 heterocycles. The monoisotopic (exact) mass is 403 g/mol. The smallest absolute Gasteiger partial charge is 0.238 e. The minimum Gasteiger partial charge on any atom is -0.319 e. The van der Waals surface area contributed by atoms with E-state index in [9.17, 15) is 13.2 Å². The number of imidazole rings is 1. The number of aromatic nitrogens is 2. The van der Waals surface area contributed by atoms with Gasteiger partial charge >= 0.3 is 0 Å². The number of fused-ring (bicyclic) bond motifs is 1. The van der Waals surface area contributed by atoms with Crippen LogP contribution in [0.15, 0.2) is 52.5 Å². The summed E-state index contributed by atoms with van der Waals surface area (Å²) >= 11 is 1.36. The van der Waals surface area contributed by atoms with Crippen molar-refractivity contribution in [3.05, 3.63) is 53.6 Å². The molecule has 2 aromatic carbocycles. The largest absolute Gasteiger partial charge is 0.319 e. The first kappa shape index (κ1) is 19.6. The Hall–Kier alpha value is -2.16. The number of primary sulfonamides is 1. The fraction of sp³-hybridized carbons (Fsp3) is 0.263. The summed E-state index contributed by atoms with van der Waals surface area (Å²) in [5, 5.41) is 5.56. The predicted molar refractivity (Wildman–Crippen MR) is 108 cm³/mol. The zero-order chi connectivity index (χ0) is 19.8. The van der Waals surface area contributed by atoms with Crippen molar-refractivity contribution in [2.24, 2.45) is 5.14 Å². The number of thioether (sulfide) groups is 1. The molecule has 6 nitrogen and oxygen atoms in total. The van der Waals surface area contributed by atoms with E-state index in [1.165, 1.54) is 23.9 Å². The van der Waals surface area contributed by atoms with Crippen LogP contribution in [0.25, 0.3) is 11.0 Å². The zero-order valence-corrected chi connectivity index (χ0v) is 17.0. The summed E-state index contributed by atoms with van der Waals surface area (Å²) in [7, 11) is -3.79. The summed E-state index contributed by atoms with van der Waals surface area (Å²) in [5.41, 5.74) is 3.12. The van der Waals surface area contributed by atoms with Crippen molar-refractivity contribution in [3.63, 3.8) is 0 Å². The number of benzene rings is 2. The van der Waals surface area contributed by atoms with Gasteiger partial charge in [0, 0.05) is 12.1 Å². The van der Waals surface area contributed by atoms with Gasteiger partial charge in [-0.1, -0.05) is 41.6 Å². The molecule has 27 heavy (non-hydrogen) atoms. The third-order valence-electron chi connectivity index (χ3n) is 4.32. The average molecular weight is 404 g/mol. The summed E-state index contributed by atoms with van der Waals surface area (Å²) in [4.78, 5) is 17.3. The topological polar surface area (TPSA) is 95.0 Å². The van der Waals surface area contributed by atoms with Crippen molar-refractivity contribution in [1.29, 1.82) is 0 Å². The normalized spacial score (nSPS) is 13.0. The van der Waals surface area contributed by atoms with Crippen LogP contribution in [0.2, 0.25) is 0 Å². The average Bonchev–Trinajstić information content (AvgIpc) is 2.97. The summed E-state index contributed by atoms with van der Waals surface area (Å²) < 4.78 is 25.1. The summed E-state index contributed by atoms with van der Waals surface area (Å²) in [6, 6.07) is 12.1. The molecule has 1 unspecified atom stereocenters. The molecule has 0 aliphatic rings. The van der Waals surface area contributed by atoms with Crippen LogP contribution >= 0.6 is 11.8 Å². The second kappa shape index (κ2) is 7.46. The quantitative estimate of drug-likeness (QED) is 0.503. The number of nitrogens with zero attached hydrogens (tertiary/aromatic N) is 2. The second-order valence-corrected chi connectivity index (χ2v) is 9.19. The van der Waals surface area contributed by atoms with Crippen LogP contribution in [0.5, 0.6) is 0 Å². The summed E-state index contributed by atoms with van der Waals surface area (Å²) in [6.45, 7) is 6.46. The van der Waals surface area contributed by atoms with E-state index in [1.807, 2.05) is 49.6 Å². The molecule has 0 aliphatic heterocycles. The molecular formula is C19H21N3O3S2. The molecule has 142 valence electrons. The molecule has 0 saturated carbocycles. The van der Waals surface area contributed by atoms with Gasteiger partial charge in [-0.05, 0) is 39.0 Å². The highest BCUT2D eigenvalue weighted by Crippen LogP contribution is 2.30. The molecule has 8 heteroatoms. The summed E-state index contributed by atoms with van der Waals surface area (Å²) in [6.07, 6.45) is 0. The number of nitrogens with two attached hydrogens (primary N) is 1. The van der Waals surface area contributed by atoms with Gasteiger partial charge in [0.15, 0.2) is 10.9 Å². The Morgan fingerprint density at radius 2 is 1.89 bits per heavy atom. The maximum atomic E-state index is 12.7. The fourth-order valence-electron chi connectivity index (χ4n) is 2.82. The van der Waals surface area contributed by atoms with Gasteiger partial charge in [-0.2, -0.15) is 0 Å². The van der Waals surface area contributed by atoms with Gasteiger partial charge in [0.1, 0.15) is 0 Å². The Morgan fingerprint density at radius 1 is 1.22 bits per heavy atom. The minimum atomic E-state index is -3.79. The van der Waals surface area contributed by atoms with Crippen LogP contribution in [-0.4, -0.2) is 29.0 Å². The first-order chi connectivity index (χ1) is 12.7. The van der Waals surface area contributed by atoms with Crippen molar-refractivity contribution in [2.75, 3.05) is 0 Å². The molecule has 0 bridgehead atoms. The van der Waals surface area contributed by atoms with Crippen molar-refractivity contribution in [3.8, 4) is 0 Å². The first-order valence-electron chi connectivity index (χ1n) is 8.51. The van der Waals surface area contributed by atoms with E-state index in [-0.39, 0.29) is 15.9 Å².